The second-order valence-corrected chi connectivity index (χ2v) is 7.73. The lowest BCUT2D eigenvalue weighted by Crippen LogP contribution is -2.47. The van der Waals surface area contributed by atoms with Crippen molar-refractivity contribution in [2.75, 3.05) is 31.6 Å². The van der Waals surface area contributed by atoms with Crippen LogP contribution in [0, 0.1) is 5.92 Å². The van der Waals surface area contributed by atoms with Gasteiger partial charge in [0.15, 0.2) is 0 Å². The van der Waals surface area contributed by atoms with Gasteiger partial charge in [-0.3, -0.25) is 9.69 Å². The summed E-state index contributed by atoms with van der Waals surface area (Å²) in [6.07, 6.45) is 5.17. The van der Waals surface area contributed by atoms with Crippen molar-refractivity contribution >= 4 is 11.6 Å². The number of nitrogens with zero attached hydrogens (tertiary/aromatic N) is 1. The molecule has 4 rings (SSSR count). The Morgan fingerprint density at radius 2 is 2.04 bits per heavy atom. The Bertz CT molecular complexity index is 599. The average molecular weight is 343 g/mol. The van der Waals surface area contributed by atoms with Crippen molar-refractivity contribution in [1.29, 1.82) is 0 Å². The molecule has 0 radical (unpaired) electrons. The number of anilines is 1. The van der Waals surface area contributed by atoms with E-state index in [0.717, 1.165) is 56.3 Å². The first-order chi connectivity index (χ1) is 12.2. The molecule has 3 aliphatic rings. The maximum atomic E-state index is 12.5. The van der Waals surface area contributed by atoms with E-state index in [-0.39, 0.29) is 11.9 Å². The molecule has 0 aromatic heterocycles. The monoisotopic (exact) mass is 343 g/mol. The molecule has 1 aliphatic carbocycles. The highest BCUT2D eigenvalue weighted by atomic mass is 16.5. The summed E-state index contributed by atoms with van der Waals surface area (Å²) in [5.74, 6) is 0.820. The van der Waals surface area contributed by atoms with Crippen LogP contribution in [0.1, 0.15) is 43.0 Å². The molecule has 2 heterocycles. The maximum Gasteiger partial charge on any atom is 0.251 e. The minimum absolute atomic E-state index is 0.0338. The first kappa shape index (κ1) is 16.9. The van der Waals surface area contributed by atoms with E-state index in [2.05, 4.69) is 22.5 Å². The van der Waals surface area contributed by atoms with Crippen LogP contribution in [0.4, 0.5) is 5.69 Å². The van der Waals surface area contributed by atoms with Gasteiger partial charge in [-0.25, -0.2) is 0 Å². The van der Waals surface area contributed by atoms with Crippen LogP contribution in [0.15, 0.2) is 24.3 Å². The lowest BCUT2D eigenvalue weighted by molar-refractivity contribution is -0.0581. The van der Waals surface area contributed by atoms with Crippen LogP contribution in [-0.2, 0) is 4.74 Å². The number of fused-ring (bicyclic) bond motifs is 1. The third-order valence-corrected chi connectivity index (χ3v) is 5.65. The zero-order valence-corrected chi connectivity index (χ0v) is 15.0. The second-order valence-electron chi connectivity index (χ2n) is 7.73. The van der Waals surface area contributed by atoms with Gasteiger partial charge in [0.05, 0.1) is 12.7 Å². The summed E-state index contributed by atoms with van der Waals surface area (Å²) in [5, 5.41) is 6.55. The Balaban J connectivity index is 1.29. The summed E-state index contributed by atoms with van der Waals surface area (Å²) >= 11 is 0. The van der Waals surface area contributed by atoms with E-state index in [1.165, 1.54) is 12.8 Å². The summed E-state index contributed by atoms with van der Waals surface area (Å²) < 4.78 is 6.04. The van der Waals surface area contributed by atoms with Gasteiger partial charge in [0.1, 0.15) is 0 Å². The summed E-state index contributed by atoms with van der Waals surface area (Å²) in [4.78, 5) is 15.1. The zero-order chi connectivity index (χ0) is 17.2. The van der Waals surface area contributed by atoms with Gasteiger partial charge in [0.25, 0.3) is 5.91 Å². The van der Waals surface area contributed by atoms with Crippen LogP contribution in [0.3, 0.4) is 0 Å². The minimum Gasteiger partial charge on any atom is -0.385 e. The molecule has 3 atom stereocenters. The van der Waals surface area contributed by atoms with E-state index in [9.17, 15) is 4.79 Å². The highest BCUT2D eigenvalue weighted by molar-refractivity contribution is 5.94. The topological polar surface area (TPSA) is 53.6 Å². The fourth-order valence-electron chi connectivity index (χ4n) is 4.03. The van der Waals surface area contributed by atoms with E-state index in [4.69, 9.17) is 4.74 Å². The number of ether oxygens (including phenoxy) is 1. The van der Waals surface area contributed by atoms with Crippen molar-refractivity contribution in [2.24, 2.45) is 5.92 Å². The largest absolute Gasteiger partial charge is 0.385 e. The van der Waals surface area contributed by atoms with Crippen LogP contribution in [0.25, 0.3) is 0 Å². The molecule has 2 aliphatic heterocycles. The van der Waals surface area contributed by atoms with Crippen LogP contribution in [-0.4, -0.2) is 55.2 Å². The molecule has 1 amide bonds. The fourth-order valence-corrected chi connectivity index (χ4v) is 4.03. The average Bonchev–Trinajstić information content (AvgIpc) is 3.40. The van der Waals surface area contributed by atoms with Crippen molar-refractivity contribution in [2.45, 2.75) is 50.8 Å². The third kappa shape index (κ3) is 3.98. The normalized spacial score (nSPS) is 29.2. The molecule has 25 heavy (non-hydrogen) atoms. The lowest BCUT2D eigenvalue weighted by Gasteiger charge is -2.35. The maximum absolute atomic E-state index is 12.5. The van der Waals surface area contributed by atoms with Crippen LogP contribution >= 0.6 is 0 Å². The third-order valence-electron chi connectivity index (χ3n) is 5.65. The predicted molar refractivity (Wildman–Crippen MR) is 98.9 cm³/mol. The number of morpholine rings is 1. The van der Waals surface area contributed by atoms with Crippen molar-refractivity contribution < 1.29 is 9.53 Å². The van der Waals surface area contributed by atoms with Gasteiger partial charge in [-0.15, -0.1) is 0 Å². The van der Waals surface area contributed by atoms with Crippen molar-refractivity contribution in [3.63, 3.8) is 0 Å². The molecular weight excluding hydrogens is 314 g/mol. The first-order valence-electron chi connectivity index (χ1n) is 9.73. The SMILES string of the molecule is CCCNc1ccc(C(=O)N[C@H]2C[C@H]3CO[C@@H](C4CC4)CN3C2)cc1. The van der Waals surface area contributed by atoms with Gasteiger partial charge in [-0.05, 0) is 55.9 Å². The molecule has 1 aromatic rings. The van der Waals surface area contributed by atoms with E-state index in [1.807, 2.05) is 24.3 Å². The van der Waals surface area contributed by atoms with Crippen molar-refractivity contribution in [3.8, 4) is 0 Å². The lowest BCUT2D eigenvalue weighted by atomic mass is 10.1. The Morgan fingerprint density at radius 1 is 1.24 bits per heavy atom. The standard InChI is InChI=1S/C20H29N3O2/c1-2-9-21-16-7-5-15(6-8-16)20(24)22-17-10-18-13-25-19(14-3-4-14)12-23(18)11-17/h5-8,14,17-19,21H,2-4,9-13H2,1H3,(H,22,24)/t17-,18-,19+/m0/s1. The summed E-state index contributed by atoms with van der Waals surface area (Å²) in [5.41, 5.74) is 1.80. The molecule has 3 fully saturated rings. The van der Waals surface area contributed by atoms with Gasteiger partial charge >= 0.3 is 0 Å². The molecular formula is C20H29N3O2. The number of hydrogen-bond acceptors (Lipinski definition) is 4. The number of benzene rings is 1. The fraction of sp³-hybridized carbons (Fsp3) is 0.650. The van der Waals surface area contributed by atoms with Gasteiger partial charge in [0, 0.05) is 43.0 Å². The van der Waals surface area contributed by atoms with E-state index < -0.39 is 0 Å². The molecule has 5 nitrogen and oxygen atoms in total. The first-order valence-corrected chi connectivity index (χ1v) is 9.73. The molecule has 136 valence electrons. The number of carbonyl (C=O) groups is 1. The number of amides is 1. The molecule has 0 unspecified atom stereocenters. The van der Waals surface area contributed by atoms with Gasteiger partial charge in [-0.2, -0.15) is 0 Å². The summed E-state index contributed by atoms with van der Waals surface area (Å²) in [7, 11) is 0. The number of nitrogens with one attached hydrogen (secondary N) is 2. The second kappa shape index (κ2) is 7.34. The Kier molecular flexibility index (Phi) is 4.95. The van der Waals surface area contributed by atoms with Gasteiger partial charge in [0.2, 0.25) is 0 Å². The molecule has 2 saturated heterocycles. The molecule has 2 N–H and O–H groups in total. The van der Waals surface area contributed by atoms with E-state index >= 15 is 0 Å². The van der Waals surface area contributed by atoms with Gasteiger partial charge in [-0.1, -0.05) is 6.92 Å². The van der Waals surface area contributed by atoms with E-state index in [0.29, 0.717) is 12.1 Å². The molecule has 5 heteroatoms. The van der Waals surface area contributed by atoms with Crippen LogP contribution in [0.5, 0.6) is 0 Å². The summed E-state index contributed by atoms with van der Waals surface area (Å²) in [6, 6.07) is 8.48. The number of carbonyl (C=O) groups excluding carboxylic acids is 1. The predicted octanol–water partition coefficient (Wildman–Crippen LogP) is 2.49. The van der Waals surface area contributed by atoms with E-state index in [1.54, 1.807) is 0 Å². The summed E-state index contributed by atoms with van der Waals surface area (Å²) in [6.45, 7) is 5.92. The molecule has 1 aromatic carbocycles. The molecule has 1 saturated carbocycles. The Morgan fingerprint density at radius 3 is 2.76 bits per heavy atom. The number of rotatable bonds is 6. The Hall–Kier alpha value is -1.59. The van der Waals surface area contributed by atoms with Gasteiger partial charge < -0.3 is 15.4 Å². The smallest absolute Gasteiger partial charge is 0.251 e. The quantitative estimate of drug-likeness (QED) is 0.833. The Labute approximate surface area is 150 Å². The zero-order valence-electron chi connectivity index (χ0n) is 15.0. The highest BCUT2D eigenvalue weighted by Gasteiger charge is 2.42. The van der Waals surface area contributed by atoms with Crippen molar-refractivity contribution in [3.05, 3.63) is 29.8 Å². The van der Waals surface area contributed by atoms with Crippen molar-refractivity contribution in [1.82, 2.24) is 10.2 Å². The van der Waals surface area contributed by atoms with Crippen LogP contribution < -0.4 is 10.6 Å². The van der Waals surface area contributed by atoms with Crippen LogP contribution in [0.2, 0.25) is 0 Å². The number of hydrogen-bond donors (Lipinski definition) is 2. The minimum atomic E-state index is 0.0338. The molecule has 0 spiro atoms. The highest BCUT2D eigenvalue weighted by Crippen LogP contribution is 2.37. The molecule has 0 bridgehead atoms.